The summed E-state index contributed by atoms with van der Waals surface area (Å²) in [5.74, 6) is 0. The van der Waals surface area contributed by atoms with Crippen LogP contribution in [0.1, 0.15) is 83.3 Å². The summed E-state index contributed by atoms with van der Waals surface area (Å²) in [6.45, 7) is 6.75. The fourth-order valence-corrected chi connectivity index (χ4v) is 6.99. The van der Waals surface area contributed by atoms with Crippen LogP contribution in [0.3, 0.4) is 0 Å². The van der Waals surface area contributed by atoms with Crippen LogP contribution < -0.4 is 5.32 Å². The fraction of sp³-hybridized carbons (Fsp3) is 0.667. The van der Waals surface area contributed by atoms with Gasteiger partial charge in [0.2, 0.25) is 0 Å². The summed E-state index contributed by atoms with van der Waals surface area (Å²) in [4.78, 5) is 15.4. The highest BCUT2D eigenvalue weighted by molar-refractivity contribution is 6.31. The number of ether oxygens (including phenoxy) is 1. The van der Waals surface area contributed by atoms with E-state index in [4.69, 9.17) is 16.3 Å². The molecule has 1 heterocycles. The van der Waals surface area contributed by atoms with Crippen LogP contribution in [0.2, 0.25) is 5.02 Å². The van der Waals surface area contributed by atoms with Crippen LogP contribution in [0, 0.1) is 10.8 Å². The first kappa shape index (κ1) is 23.2. The Hall–Kier alpha value is -1.56. The molecule has 1 unspecified atom stereocenters. The molecule has 2 N–H and O–H groups in total. The van der Waals surface area contributed by atoms with E-state index in [1.54, 1.807) is 7.11 Å². The van der Waals surface area contributed by atoms with Crippen LogP contribution >= 0.6 is 11.6 Å². The molecule has 33 heavy (non-hydrogen) atoms. The van der Waals surface area contributed by atoms with Crippen molar-refractivity contribution >= 4 is 17.6 Å². The van der Waals surface area contributed by atoms with Gasteiger partial charge in [-0.2, -0.15) is 0 Å². The minimum atomic E-state index is -0.743. The number of hydrogen-bond acceptors (Lipinski definition) is 3. The largest absolute Gasteiger partial charge is 0.367 e. The lowest BCUT2D eigenvalue weighted by molar-refractivity contribution is -0.304. The fourth-order valence-electron chi connectivity index (χ4n) is 6.71. The van der Waals surface area contributed by atoms with Gasteiger partial charge in [-0.05, 0) is 79.5 Å². The third-order valence-electron chi connectivity index (χ3n) is 8.61. The minimum absolute atomic E-state index is 0.0335. The van der Waals surface area contributed by atoms with Crippen LogP contribution in [-0.4, -0.2) is 35.0 Å². The number of aliphatic hydroxyl groups is 1. The second kappa shape index (κ2) is 7.73. The van der Waals surface area contributed by atoms with Crippen LogP contribution in [0.5, 0.6) is 0 Å². The summed E-state index contributed by atoms with van der Waals surface area (Å²) in [5.41, 5.74) is 2.99. The number of amides is 2. The zero-order valence-electron chi connectivity index (χ0n) is 20.3. The summed E-state index contributed by atoms with van der Waals surface area (Å²) >= 11 is 6.76. The number of nitrogens with zero attached hydrogens (tertiary/aromatic N) is 1. The van der Waals surface area contributed by atoms with Crippen LogP contribution in [0.4, 0.5) is 4.79 Å². The molecule has 4 aliphatic carbocycles. The molecule has 4 fully saturated rings. The predicted molar refractivity (Wildman–Crippen MR) is 130 cm³/mol. The number of methoxy groups -OCH3 is 1. The van der Waals surface area contributed by atoms with Crippen molar-refractivity contribution in [1.82, 2.24) is 10.2 Å². The van der Waals surface area contributed by atoms with E-state index < -0.39 is 11.8 Å². The molecule has 2 atom stereocenters. The maximum atomic E-state index is 13.4. The van der Waals surface area contributed by atoms with Crippen molar-refractivity contribution < 1.29 is 14.6 Å². The Morgan fingerprint density at radius 3 is 2.61 bits per heavy atom. The molecule has 4 saturated carbocycles. The van der Waals surface area contributed by atoms with Gasteiger partial charge in [0.25, 0.3) is 0 Å². The molecule has 2 amide bonds. The quantitative estimate of drug-likeness (QED) is 0.508. The predicted octanol–water partition coefficient (Wildman–Crippen LogP) is 5.88. The van der Waals surface area contributed by atoms with Crippen LogP contribution in [-0.2, 0) is 16.7 Å². The SMILES string of the molecule is COC(O)C12CC(N3C=C4CCCC[C@@]4(c4ccc(CCC(C)(C)C)c(Cl)c4)NC3=O)(C1)C2. The van der Waals surface area contributed by atoms with Crippen molar-refractivity contribution in [3.63, 3.8) is 0 Å². The molecule has 1 aromatic carbocycles. The van der Waals surface area contributed by atoms with Gasteiger partial charge >= 0.3 is 6.03 Å². The third kappa shape index (κ3) is 3.62. The highest BCUT2D eigenvalue weighted by Gasteiger charge is 2.74. The van der Waals surface area contributed by atoms with E-state index >= 15 is 0 Å². The number of benzene rings is 1. The minimum Gasteiger partial charge on any atom is -0.367 e. The smallest absolute Gasteiger partial charge is 0.322 e. The lowest BCUT2D eigenvalue weighted by atomic mass is 9.38. The highest BCUT2D eigenvalue weighted by atomic mass is 35.5. The number of aryl methyl sites for hydroxylation is 1. The van der Waals surface area contributed by atoms with Gasteiger partial charge in [-0.1, -0.05) is 50.9 Å². The van der Waals surface area contributed by atoms with Crippen molar-refractivity contribution in [3.05, 3.63) is 46.1 Å². The number of carbonyl (C=O) groups excluding carboxylic acids is 1. The van der Waals surface area contributed by atoms with Crippen molar-refractivity contribution in [1.29, 1.82) is 0 Å². The zero-order valence-corrected chi connectivity index (χ0v) is 21.1. The standard InChI is InChI=1S/C27H37ClN2O3/c1-24(2,3)12-10-18-8-9-19(13-21(18)28)27-11-6-5-7-20(27)14-30(23(32)29-27)26-15-25(16-26,17-26)22(31)33-4/h8-9,13-14,22,31H,5-7,10-12,15-17H2,1-4H3,(H,29,32)/t22?,25?,26?,27-/m0/s1. The zero-order chi connectivity index (χ0) is 23.6. The number of urea groups is 1. The topological polar surface area (TPSA) is 61.8 Å². The molecule has 0 spiro atoms. The van der Waals surface area contributed by atoms with Crippen molar-refractivity contribution in [2.24, 2.45) is 10.8 Å². The van der Waals surface area contributed by atoms with Gasteiger partial charge in [0.05, 0.1) is 11.1 Å². The molecule has 1 aromatic rings. The van der Waals surface area contributed by atoms with Gasteiger partial charge in [0.1, 0.15) is 0 Å². The Balaban J connectivity index is 1.41. The normalized spacial score (nSPS) is 33.9. The maximum Gasteiger partial charge on any atom is 0.322 e. The first-order chi connectivity index (χ1) is 15.5. The molecule has 6 heteroatoms. The summed E-state index contributed by atoms with van der Waals surface area (Å²) in [5, 5.41) is 14.4. The molecule has 6 rings (SSSR count). The Morgan fingerprint density at radius 2 is 1.97 bits per heavy atom. The molecular formula is C27H37ClN2O3. The second-order valence-corrected chi connectivity index (χ2v) is 12.5. The number of fused-ring (bicyclic) bond motifs is 1. The molecule has 0 aromatic heterocycles. The van der Waals surface area contributed by atoms with Crippen molar-refractivity contribution in [3.8, 4) is 0 Å². The third-order valence-corrected chi connectivity index (χ3v) is 8.96. The first-order valence-corrected chi connectivity index (χ1v) is 12.7. The van der Waals surface area contributed by atoms with Gasteiger partial charge in [0.15, 0.2) is 6.29 Å². The Bertz CT molecular complexity index is 978. The maximum absolute atomic E-state index is 13.4. The second-order valence-electron chi connectivity index (χ2n) is 12.1. The molecule has 1 aliphatic heterocycles. The average molecular weight is 473 g/mol. The monoisotopic (exact) mass is 472 g/mol. The number of rotatable bonds is 6. The van der Waals surface area contributed by atoms with Gasteiger partial charge in [-0.25, -0.2) is 4.79 Å². The van der Waals surface area contributed by atoms with Gasteiger partial charge < -0.3 is 15.2 Å². The molecule has 5 aliphatic rings. The molecule has 180 valence electrons. The van der Waals surface area contributed by atoms with Crippen molar-refractivity contribution in [2.45, 2.75) is 95.9 Å². The molecule has 0 radical (unpaired) electrons. The van der Waals surface area contributed by atoms with E-state index in [0.29, 0.717) is 0 Å². The first-order valence-electron chi connectivity index (χ1n) is 12.4. The molecule has 0 saturated heterocycles. The number of aliphatic hydroxyl groups excluding tert-OH is 1. The van der Waals surface area contributed by atoms with Gasteiger partial charge in [-0.3, -0.25) is 4.90 Å². The number of nitrogens with one attached hydrogen (secondary N) is 1. The van der Waals surface area contributed by atoms with Crippen LogP contribution in [0.25, 0.3) is 0 Å². The van der Waals surface area contributed by atoms with E-state index in [-0.39, 0.29) is 22.4 Å². The van der Waals surface area contributed by atoms with Gasteiger partial charge in [0, 0.05) is 23.7 Å². The van der Waals surface area contributed by atoms with E-state index in [0.717, 1.165) is 68.4 Å². The lowest BCUT2D eigenvalue weighted by Crippen LogP contribution is -2.79. The summed E-state index contributed by atoms with van der Waals surface area (Å²) in [6.07, 6.45) is 9.90. The van der Waals surface area contributed by atoms with Crippen LogP contribution in [0.15, 0.2) is 30.0 Å². The summed E-state index contributed by atoms with van der Waals surface area (Å²) in [7, 11) is 1.54. The molecular weight excluding hydrogens is 436 g/mol. The Kier molecular flexibility index (Phi) is 5.43. The number of hydrogen-bond donors (Lipinski definition) is 2. The average Bonchev–Trinajstić information content (AvgIpc) is 2.70. The lowest BCUT2D eigenvalue weighted by Gasteiger charge is -2.74. The van der Waals surface area contributed by atoms with Crippen molar-refractivity contribution in [2.75, 3.05) is 7.11 Å². The summed E-state index contributed by atoms with van der Waals surface area (Å²) in [6, 6.07) is 6.37. The highest BCUT2D eigenvalue weighted by Crippen LogP contribution is 2.72. The Labute approximate surface area is 202 Å². The number of carbonyl (C=O) groups is 1. The number of halogens is 1. The van der Waals surface area contributed by atoms with E-state index in [1.807, 2.05) is 4.90 Å². The van der Waals surface area contributed by atoms with E-state index in [9.17, 15) is 9.90 Å². The molecule has 5 nitrogen and oxygen atoms in total. The van der Waals surface area contributed by atoms with Gasteiger partial charge in [-0.15, -0.1) is 0 Å². The van der Waals surface area contributed by atoms with E-state index in [1.165, 1.54) is 11.1 Å². The summed E-state index contributed by atoms with van der Waals surface area (Å²) < 4.78 is 5.18. The Morgan fingerprint density at radius 1 is 1.24 bits per heavy atom. The van der Waals surface area contributed by atoms with E-state index in [2.05, 4.69) is 50.5 Å². The molecule has 2 bridgehead atoms.